The number of rotatable bonds is 3. The van der Waals surface area contributed by atoms with E-state index in [1.54, 1.807) is 0 Å². The fraction of sp³-hybridized carbons (Fsp3) is 0.857. The molecule has 0 atom stereocenters. The van der Waals surface area contributed by atoms with Gasteiger partial charge in [-0.25, -0.2) is 0 Å². The summed E-state index contributed by atoms with van der Waals surface area (Å²) >= 11 is 0. The predicted molar refractivity (Wildman–Crippen MR) is 37.3 cm³/mol. The van der Waals surface area contributed by atoms with Crippen molar-refractivity contribution in [3.05, 3.63) is 0 Å². The zero-order valence-corrected chi connectivity index (χ0v) is 5.93. The van der Waals surface area contributed by atoms with Crippen LogP contribution in [-0.4, -0.2) is 23.8 Å². The monoisotopic (exact) mass is 140 g/mol. The number of nitrogens with one attached hydrogen (secondary N) is 1. The molecule has 0 unspecified atom stereocenters. The van der Waals surface area contributed by atoms with Crippen molar-refractivity contribution < 1.29 is 5.11 Å². The first-order valence-corrected chi connectivity index (χ1v) is 3.60. The van der Waals surface area contributed by atoms with Crippen LogP contribution < -0.4 is 5.32 Å². The molecule has 1 rings (SSSR count). The third-order valence-electron chi connectivity index (χ3n) is 2.00. The van der Waals surface area contributed by atoms with Crippen molar-refractivity contribution in [2.24, 2.45) is 0 Å². The van der Waals surface area contributed by atoms with Gasteiger partial charge in [0.2, 0.25) is 0 Å². The predicted octanol–water partition coefficient (Wildman–Crippen LogP) is 0.0146. The number of hydrogen-bond acceptors (Lipinski definition) is 3. The van der Waals surface area contributed by atoms with Gasteiger partial charge >= 0.3 is 0 Å². The molecule has 0 radical (unpaired) electrons. The Bertz CT molecular complexity index is 146. The highest BCUT2D eigenvalue weighted by atomic mass is 16.3. The summed E-state index contributed by atoms with van der Waals surface area (Å²) in [7, 11) is 0. The molecule has 2 N–H and O–H groups in total. The standard InChI is InChI=1S/C7H12N2O/c8-6-7(2-1-3-7)9-4-5-10/h9-10H,1-5H2. The van der Waals surface area contributed by atoms with Crippen LogP contribution in [0, 0.1) is 11.3 Å². The van der Waals surface area contributed by atoms with Crippen molar-refractivity contribution >= 4 is 0 Å². The van der Waals surface area contributed by atoms with Gasteiger partial charge in [-0.1, -0.05) is 0 Å². The summed E-state index contributed by atoms with van der Waals surface area (Å²) in [5, 5.41) is 20.2. The first-order chi connectivity index (χ1) is 4.83. The quantitative estimate of drug-likeness (QED) is 0.580. The molecule has 0 aliphatic heterocycles. The van der Waals surface area contributed by atoms with Crippen LogP contribution in [0.5, 0.6) is 0 Å². The Hall–Kier alpha value is -0.590. The third-order valence-corrected chi connectivity index (χ3v) is 2.00. The number of aliphatic hydroxyl groups excluding tert-OH is 1. The minimum absolute atomic E-state index is 0.115. The molecular formula is C7H12N2O. The van der Waals surface area contributed by atoms with E-state index < -0.39 is 0 Å². The Labute approximate surface area is 60.7 Å². The van der Waals surface area contributed by atoms with E-state index in [0.717, 1.165) is 19.3 Å². The van der Waals surface area contributed by atoms with Crippen molar-refractivity contribution in [2.45, 2.75) is 24.8 Å². The third kappa shape index (κ3) is 1.28. The van der Waals surface area contributed by atoms with Gasteiger partial charge in [-0.05, 0) is 19.3 Å². The lowest BCUT2D eigenvalue weighted by Crippen LogP contribution is -2.50. The summed E-state index contributed by atoms with van der Waals surface area (Å²) in [5.74, 6) is 0. The molecule has 1 aliphatic rings. The van der Waals surface area contributed by atoms with E-state index in [2.05, 4.69) is 11.4 Å². The van der Waals surface area contributed by atoms with Crippen LogP contribution in [0.1, 0.15) is 19.3 Å². The van der Waals surface area contributed by atoms with Crippen molar-refractivity contribution in [3.63, 3.8) is 0 Å². The Balaban J connectivity index is 2.29. The first kappa shape index (κ1) is 7.52. The Morgan fingerprint density at radius 2 is 2.30 bits per heavy atom. The maximum Gasteiger partial charge on any atom is 0.106 e. The second kappa shape index (κ2) is 3.00. The van der Waals surface area contributed by atoms with Crippen LogP contribution in [-0.2, 0) is 0 Å². The molecule has 10 heavy (non-hydrogen) atoms. The van der Waals surface area contributed by atoms with Gasteiger partial charge in [0.05, 0.1) is 12.7 Å². The second-order valence-corrected chi connectivity index (χ2v) is 2.70. The number of hydrogen-bond donors (Lipinski definition) is 2. The van der Waals surface area contributed by atoms with E-state index in [9.17, 15) is 0 Å². The minimum atomic E-state index is -0.289. The van der Waals surface area contributed by atoms with E-state index in [0.29, 0.717) is 6.54 Å². The molecule has 0 aromatic carbocycles. The summed E-state index contributed by atoms with van der Waals surface area (Å²) in [6, 6.07) is 2.23. The van der Waals surface area contributed by atoms with Crippen LogP contribution >= 0.6 is 0 Å². The van der Waals surface area contributed by atoms with Crippen molar-refractivity contribution in [2.75, 3.05) is 13.2 Å². The maximum absolute atomic E-state index is 8.67. The average molecular weight is 140 g/mol. The summed E-state index contributed by atoms with van der Waals surface area (Å²) in [4.78, 5) is 0. The molecule has 0 spiro atoms. The lowest BCUT2D eigenvalue weighted by Gasteiger charge is -2.35. The molecule has 0 aromatic rings. The molecule has 0 saturated heterocycles. The summed E-state index contributed by atoms with van der Waals surface area (Å²) in [6.07, 6.45) is 3.00. The molecule has 0 amide bonds. The van der Waals surface area contributed by atoms with E-state index in [1.165, 1.54) is 0 Å². The van der Waals surface area contributed by atoms with Gasteiger partial charge in [-0.15, -0.1) is 0 Å². The highest BCUT2D eigenvalue weighted by Gasteiger charge is 2.35. The largest absolute Gasteiger partial charge is 0.395 e. The lowest BCUT2D eigenvalue weighted by molar-refractivity contribution is 0.219. The SMILES string of the molecule is N#CC1(NCCO)CCC1. The van der Waals surface area contributed by atoms with Crippen molar-refractivity contribution in [1.29, 1.82) is 5.26 Å². The molecular weight excluding hydrogens is 128 g/mol. The van der Waals surface area contributed by atoms with E-state index in [1.807, 2.05) is 0 Å². The first-order valence-electron chi connectivity index (χ1n) is 3.60. The zero-order chi connectivity index (χ0) is 7.45. The molecule has 0 aromatic heterocycles. The highest BCUT2D eigenvalue weighted by molar-refractivity contribution is 5.12. The van der Waals surface area contributed by atoms with Gasteiger partial charge in [-0.2, -0.15) is 5.26 Å². The molecule has 1 aliphatic carbocycles. The van der Waals surface area contributed by atoms with E-state index in [-0.39, 0.29) is 12.1 Å². The van der Waals surface area contributed by atoms with Crippen molar-refractivity contribution in [3.8, 4) is 6.07 Å². The Morgan fingerprint density at radius 3 is 2.60 bits per heavy atom. The molecule has 1 fully saturated rings. The molecule has 1 saturated carbocycles. The van der Waals surface area contributed by atoms with Gasteiger partial charge < -0.3 is 5.11 Å². The highest BCUT2D eigenvalue weighted by Crippen LogP contribution is 2.30. The van der Waals surface area contributed by atoms with Crippen LogP contribution in [0.3, 0.4) is 0 Å². The fourth-order valence-electron chi connectivity index (χ4n) is 1.15. The second-order valence-electron chi connectivity index (χ2n) is 2.70. The molecule has 56 valence electrons. The minimum Gasteiger partial charge on any atom is -0.395 e. The van der Waals surface area contributed by atoms with Crippen LogP contribution in [0.4, 0.5) is 0 Å². The number of nitriles is 1. The fourth-order valence-corrected chi connectivity index (χ4v) is 1.15. The van der Waals surface area contributed by atoms with Gasteiger partial charge in [0.1, 0.15) is 5.54 Å². The van der Waals surface area contributed by atoms with Crippen LogP contribution in [0.25, 0.3) is 0 Å². The molecule has 0 bridgehead atoms. The molecule has 3 nitrogen and oxygen atoms in total. The van der Waals surface area contributed by atoms with Gasteiger partial charge in [0, 0.05) is 6.54 Å². The topological polar surface area (TPSA) is 56.0 Å². The lowest BCUT2D eigenvalue weighted by atomic mass is 9.78. The van der Waals surface area contributed by atoms with E-state index >= 15 is 0 Å². The molecule has 3 heteroatoms. The van der Waals surface area contributed by atoms with Crippen molar-refractivity contribution in [1.82, 2.24) is 5.32 Å². The van der Waals surface area contributed by atoms with Gasteiger partial charge in [0.25, 0.3) is 0 Å². The number of nitrogens with zero attached hydrogens (tertiary/aromatic N) is 1. The summed E-state index contributed by atoms with van der Waals surface area (Å²) < 4.78 is 0. The maximum atomic E-state index is 8.67. The van der Waals surface area contributed by atoms with Crippen LogP contribution in [0.2, 0.25) is 0 Å². The summed E-state index contributed by atoms with van der Waals surface area (Å²) in [6.45, 7) is 0.650. The Kier molecular flexibility index (Phi) is 2.25. The van der Waals surface area contributed by atoms with Gasteiger partial charge in [0.15, 0.2) is 0 Å². The Morgan fingerprint density at radius 1 is 1.60 bits per heavy atom. The normalized spacial score (nSPS) is 21.2. The van der Waals surface area contributed by atoms with Gasteiger partial charge in [-0.3, -0.25) is 5.32 Å². The molecule has 0 heterocycles. The number of β-amino-alcohol motifs (C(OH)–C–C–N with tert-alkyl or cyclic N) is 1. The average Bonchev–Trinajstić information content (AvgIpc) is 1.87. The van der Waals surface area contributed by atoms with E-state index in [4.69, 9.17) is 10.4 Å². The van der Waals surface area contributed by atoms with Crippen LogP contribution in [0.15, 0.2) is 0 Å². The smallest absolute Gasteiger partial charge is 0.106 e. The summed E-state index contributed by atoms with van der Waals surface area (Å²) in [5.41, 5.74) is -0.289. The number of aliphatic hydroxyl groups is 1. The zero-order valence-electron chi connectivity index (χ0n) is 5.93.